The molecule has 3 aromatic rings. The highest BCUT2D eigenvalue weighted by Crippen LogP contribution is 2.40. The van der Waals surface area contributed by atoms with E-state index in [0.29, 0.717) is 22.8 Å². The van der Waals surface area contributed by atoms with Gasteiger partial charge in [-0.15, -0.1) is 0 Å². The molecule has 2 aromatic heterocycles. The zero-order chi connectivity index (χ0) is 26.2. The molecular weight excluding hydrogens is 466 g/mol. The Labute approximate surface area is 206 Å². The van der Waals surface area contributed by atoms with Crippen molar-refractivity contribution in [1.82, 2.24) is 14.5 Å². The first-order chi connectivity index (χ1) is 17.0. The van der Waals surface area contributed by atoms with Crippen molar-refractivity contribution < 1.29 is 19.1 Å². The van der Waals surface area contributed by atoms with Crippen molar-refractivity contribution in [2.75, 3.05) is 17.7 Å². The van der Waals surface area contributed by atoms with E-state index < -0.39 is 28.9 Å². The first-order valence-electron chi connectivity index (χ1n) is 11.7. The van der Waals surface area contributed by atoms with Crippen LogP contribution in [0.4, 0.5) is 16.2 Å². The van der Waals surface area contributed by atoms with Crippen molar-refractivity contribution >= 4 is 34.4 Å². The number of nitrogens with one attached hydrogen (secondary N) is 3. The molecule has 4 rings (SSSR count). The number of methoxy groups -OCH3 is 1. The van der Waals surface area contributed by atoms with Crippen LogP contribution in [0.25, 0.3) is 11.0 Å². The van der Waals surface area contributed by atoms with Crippen LogP contribution in [0.1, 0.15) is 62.5 Å². The molecule has 36 heavy (non-hydrogen) atoms. The van der Waals surface area contributed by atoms with Crippen LogP contribution in [0, 0.1) is 0 Å². The van der Waals surface area contributed by atoms with E-state index >= 15 is 0 Å². The number of carbonyl (C=O) groups excluding carboxylic acids is 2. The molecule has 190 valence electrons. The molecule has 0 aliphatic heterocycles. The molecule has 2 amide bonds. The van der Waals surface area contributed by atoms with Crippen molar-refractivity contribution in [3.8, 4) is 5.75 Å². The third-order valence-electron chi connectivity index (χ3n) is 5.62. The number of carbonyl (C=O) groups is 2. The summed E-state index contributed by atoms with van der Waals surface area (Å²) in [5, 5.41) is 5.44. The van der Waals surface area contributed by atoms with E-state index in [1.807, 2.05) is 0 Å². The number of aromatic nitrogens is 3. The van der Waals surface area contributed by atoms with Crippen molar-refractivity contribution in [3.63, 3.8) is 0 Å². The number of benzene rings is 1. The van der Waals surface area contributed by atoms with Gasteiger partial charge in [0, 0.05) is 23.8 Å². The van der Waals surface area contributed by atoms with Crippen molar-refractivity contribution in [2.45, 2.75) is 58.6 Å². The number of aryl methyl sites for hydroxylation is 1. The Balaban J connectivity index is 1.72. The number of pyridine rings is 1. The molecule has 1 aliphatic carbocycles. The number of anilines is 2. The molecule has 0 bridgehead atoms. The van der Waals surface area contributed by atoms with Gasteiger partial charge < -0.3 is 14.8 Å². The van der Waals surface area contributed by atoms with E-state index in [1.54, 1.807) is 45.9 Å². The fourth-order valence-electron chi connectivity index (χ4n) is 3.85. The highest BCUT2D eigenvalue weighted by Gasteiger charge is 2.29. The average molecular weight is 496 g/mol. The number of amides is 2. The maximum absolute atomic E-state index is 13.4. The number of nitrogens with zero attached hydrogens (tertiary/aromatic N) is 2. The quantitative estimate of drug-likeness (QED) is 0.474. The van der Waals surface area contributed by atoms with E-state index in [1.165, 1.54) is 17.7 Å². The molecule has 0 radical (unpaired) electrons. The van der Waals surface area contributed by atoms with Gasteiger partial charge in [0.15, 0.2) is 5.65 Å². The lowest BCUT2D eigenvalue weighted by Gasteiger charge is -2.20. The Morgan fingerprint density at radius 2 is 1.89 bits per heavy atom. The third kappa shape index (κ3) is 5.24. The van der Waals surface area contributed by atoms with Gasteiger partial charge in [-0.2, -0.15) is 0 Å². The summed E-state index contributed by atoms with van der Waals surface area (Å²) in [6.07, 6.45) is 1.18. The third-order valence-corrected chi connectivity index (χ3v) is 5.62. The summed E-state index contributed by atoms with van der Waals surface area (Å²) in [4.78, 5) is 57.6. The van der Waals surface area contributed by atoms with Crippen LogP contribution in [0.3, 0.4) is 0 Å². The highest BCUT2D eigenvalue weighted by atomic mass is 16.6. The second kappa shape index (κ2) is 9.48. The summed E-state index contributed by atoms with van der Waals surface area (Å²) in [6.45, 7) is 7.28. The molecule has 1 aromatic carbocycles. The monoisotopic (exact) mass is 495 g/mol. The average Bonchev–Trinajstić information content (AvgIpc) is 3.63. The summed E-state index contributed by atoms with van der Waals surface area (Å²) in [7, 11) is 1.45. The molecule has 0 atom stereocenters. The lowest BCUT2D eigenvalue weighted by atomic mass is 10.1. The number of hydrogen-bond acceptors (Lipinski definition) is 7. The molecule has 3 N–H and O–H groups in total. The minimum Gasteiger partial charge on any atom is -0.495 e. The van der Waals surface area contributed by atoms with Crippen molar-refractivity contribution in [3.05, 3.63) is 56.4 Å². The van der Waals surface area contributed by atoms with Gasteiger partial charge in [-0.1, -0.05) is 0 Å². The lowest BCUT2D eigenvalue weighted by Crippen LogP contribution is -2.32. The zero-order valence-corrected chi connectivity index (χ0v) is 20.9. The number of ether oxygens (including phenoxy) is 2. The van der Waals surface area contributed by atoms with Crippen LogP contribution in [0.2, 0.25) is 0 Å². The molecule has 1 fully saturated rings. The van der Waals surface area contributed by atoms with Gasteiger partial charge in [0.05, 0.1) is 23.7 Å². The van der Waals surface area contributed by atoms with Crippen LogP contribution in [0.15, 0.2) is 33.9 Å². The van der Waals surface area contributed by atoms with E-state index in [2.05, 4.69) is 20.6 Å². The Morgan fingerprint density at radius 1 is 1.17 bits per heavy atom. The SMILES string of the molecule is CCn1c(=O)[nH]c(=O)c2c(C(=O)Nc3ccc(OC)c(NC(=O)OC(C)(C)C)c3)cc(C3CC3)nc21. The molecule has 1 saturated carbocycles. The standard InChI is InChI=1S/C25H29N5O6/c1-6-30-20-19(22(32)29-23(30)33)15(12-16(27-20)13-7-8-13)21(31)26-14-9-10-18(35-5)17(11-14)28-24(34)36-25(2,3)4/h9-13H,6-8H2,1-5H3,(H,26,31)(H,28,34)(H,29,32,33). The van der Waals surface area contributed by atoms with Gasteiger partial charge in [-0.05, 0) is 64.8 Å². The first-order valence-corrected chi connectivity index (χ1v) is 11.7. The predicted octanol–water partition coefficient (Wildman–Crippen LogP) is 3.59. The summed E-state index contributed by atoms with van der Waals surface area (Å²) in [5.74, 6) is 0.00315. The molecule has 11 heteroatoms. The summed E-state index contributed by atoms with van der Waals surface area (Å²) < 4.78 is 12.0. The number of fused-ring (bicyclic) bond motifs is 1. The number of aromatic amines is 1. The fourth-order valence-corrected chi connectivity index (χ4v) is 3.85. The van der Waals surface area contributed by atoms with Crippen LogP contribution < -0.4 is 26.6 Å². The molecular formula is C25H29N5O6. The van der Waals surface area contributed by atoms with Gasteiger partial charge in [-0.3, -0.25) is 24.5 Å². The molecule has 0 spiro atoms. The number of H-pyrrole nitrogens is 1. The van der Waals surface area contributed by atoms with Gasteiger partial charge in [0.1, 0.15) is 11.4 Å². The number of hydrogen-bond donors (Lipinski definition) is 3. The maximum Gasteiger partial charge on any atom is 0.412 e. The van der Waals surface area contributed by atoms with Crippen LogP contribution >= 0.6 is 0 Å². The van der Waals surface area contributed by atoms with Crippen LogP contribution in [-0.2, 0) is 11.3 Å². The molecule has 0 saturated heterocycles. The molecule has 2 heterocycles. The van der Waals surface area contributed by atoms with Gasteiger partial charge in [0.25, 0.3) is 11.5 Å². The Bertz CT molecular complexity index is 1460. The minimum atomic E-state index is -0.697. The second-order valence-electron chi connectivity index (χ2n) is 9.57. The number of rotatable bonds is 6. The molecule has 0 unspecified atom stereocenters. The highest BCUT2D eigenvalue weighted by molar-refractivity contribution is 6.12. The lowest BCUT2D eigenvalue weighted by molar-refractivity contribution is 0.0635. The predicted molar refractivity (Wildman–Crippen MR) is 135 cm³/mol. The second-order valence-corrected chi connectivity index (χ2v) is 9.57. The largest absolute Gasteiger partial charge is 0.495 e. The van der Waals surface area contributed by atoms with Crippen molar-refractivity contribution in [2.24, 2.45) is 0 Å². The van der Waals surface area contributed by atoms with Crippen LogP contribution in [-0.4, -0.2) is 39.2 Å². The van der Waals surface area contributed by atoms with E-state index in [0.717, 1.165) is 12.8 Å². The maximum atomic E-state index is 13.4. The van der Waals surface area contributed by atoms with Crippen molar-refractivity contribution in [1.29, 1.82) is 0 Å². The topological polar surface area (TPSA) is 144 Å². The summed E-state index contributed by atoms with van der Waals surface area (Å²) in [5.41, 5.74) is -0.341. The fraction of sp³-hybridized carbons (Fsp3) is 0.400. The van der Waals surface area contributed by atoms with Gasteiger partial charge in [0.2, 0.25) is 0 Å². The summed E-state index contributed by atoms with van der Waals surface area (Å²) in [6, 6.07) is 6.33. The van der Waals surface area contributed by atoms with Gasteiger partial charge in [-0.25, -0.2) is 14.6 Å². The van der Waals surface area contributed by atoms with E-state index in [4.69, 9.17) is 9.47 Å². The minimum absolute atomic E-state index is 0.0407. The zero-order valence-electron chi connectivity index (χ0n) is 20.9. The Hall–Kier alpha value is -4.15. The molecule has 11 nitrogen and oxygen atoms in total. The Morgan fingerprint density at radius 3 is 2.50 bits per heavy atom. The van der Waals surface area contributed by atoms with Gasteiger partial charge >= 0.3 is 11.8 Å². The first kappa shape index (κ1) is 25.0. The van der Waals surface area contributed by atoms with Crippen LogP contribution in [0.5, 0.6) is 5.75 Å². The van der Waals surface area contributed by atoms with E-state index in [9.17, 15) is 19.2 Å². The van der Waals surface area contributed by atoms with E-state index in [-0.39, 0.29) is 29.1 Å². The Kier molecular flexibility index (Phi) is 6.57. The normalized spacial score (nSPS) is 13.4. The smallest absolute Gasteiger partial charge is 0.412 e. The molecule has 1 aliphatic rings. The summed E-state index contributed by atoms with van der Waals surface area (Å²) >= 11 is 0.